The second-order valence-corrected chi connectivity index (χ2v) is 5.07. The Morgan fingerprint density at radius 2 is 1.91 bits per heavy atom. The third kappa shape index (κ3) is 2.03. The number of pyridine rings is 1. The third-order valence-corrected chi connectivity index (χ3v) is 3.80. The van der Waals surface area contributed by atoms with E-state index in [-0.39, 0.29) is 22.4 Å². The molecule has 2 aromatic rings. The number of aromatic nitrogens is 1. The molecule has 0 unspecified atom stereocenters. The van der Waals surface area contributed by atoms with Crippen LogP contribution in [0.5, 0.6) is 0 Å². The van der Waals surface area contributed by atoms with Crippen LogP contribution in [0.4, 0.5) is 10.2 Å². The number of nitrogens with two attached hydrogens (primary N) is 1. The van der Waals surface area contributed by atoms with E-state index < -0.39 is 34.0 Å². The average molecular weight is 336 g/mol. The summed E-state index contributed by atoms with van der Waals surface area (Å²) in [6.45, 7) is 0. The second kappa shape index (κ2) is 5.03. The number of hydrogen-bond acceptors (Lipinski definition) is 5. The SMILES string of the molecule is Nc1c2c(cc(=O)n1-c1ccc(C=O)c(Cl)c1F)C(=O)NC2=O. The van der Waals surface area contributed by atoms with E-state index >= 15 is 0 Å². The van der Waals surface area contributed by atoms with Crippen LogP contribution in [-0.4, -0.2) is 22.7 Å². The number of fused-ring (bicyclic) bond motifs is 1. The summed E-state index contributed by atoms with van der Waals surface area (Å²) in [7, 11) is 0. The molecule has 23 heavy (non-hydrogen) atoms. The van der Waals surface area contributed by atoms with Gasteiger partial charge in [0.2, 0.25) is 0 Å². The molecule has 0 saturated carbocycles. The van der Waals surface area contributed by atoms with Crippen LogP contribution < -0.4 is 16.6 Å². The van der Waals surface area contributed by atoms with E-state index in [1.807, 2.05) is 5.32 Å². The predicted molar refractivity (Wildman–Crippen MR) is 78.6 cm³/mol. The number of rotatable bonds is 2. The first-order chi connectivity index (χ1) is 10.9. The molecule has 0 spiro atoms. The van der Waals surface area contributed by atoms with Gasteiger partial charge in [-0.25, -0.2) is 4.39 Å². The predicted octanol–water partition coefficient (Wildman–Crippen LogP) is 0.908. The number of nitrogens with one attached hydrogen (secondary N) is 1. The van der Waals surface area contributed by atoms with Gasteiger partial charge in [-0.2, -0.15) is 0 Å². The zero-order valence-corrected chi connectivity index (χ0v) is 12.0. The summed E-state index contributed by atoms with van der Waals surface area (Å²) in [4.78, 5) is 46.3. The standard InChI is InChI=1S/C14H7ClFN3O4/c15-10-5(4-20)1-2-7(11(10)16)19-8(21)3-6-9(12(19)17)14(23)18-13(6)22/h1-4H,17H2,(H,18,22,23). The quantitative estimate of drug-likeness (QED) is 0.626. The van der Waals surface area contributed by atoms with Crippen molar-refractivity contribution in [3.63, 3.8) is 0 Å². The highest BCUT2D eigenvalue weighted by atomic mass is 35.5. The van der Waals surface area contributed by atoms with E-state index in [4.69, 9.17) is 17.3 Å². The van der Waals surface area contributed by atoms with Crippen LogP contribution in [0.3, 0.4) is 0 Å². The molecule has 7 nitrogen and oxygen atoms in total. The molecule has 0 fully saturated rings. The summed E-state index contributed by atoms with van der Waals surface area (Å²) < 4.78 is 15.1. The van der Waals surface area contributed by atoms with Crippen molar-refractivity contribution >= 4 is 35.5 Å². The number of nitrogen functional groups attached to an aromatic ring is 1. The summed E-state index contributed by atoms with van der Waals surface area (Å²) in [6.07, 6.45) is 0.357. The summed E-state index contributed by atoms with van der Waals surface area (Å²) in [5.41, 5.74) is 4.13. The van der Waals surface area contributed by atoms with E-state index in [9.17, 15) is 23.6 Å². The molecule has 1 aliphatic rings. The van der Waals surface area contributed by atoms with E-state index in [0.717, 1.165) is 12.1 Å². The number of carbonyl (C=O) groups is 3. The third-order valence-electron chi connectivity index (χ3n) is 3.41. The van der Waals surface area contributed by atoms with Crippen LogP contribution in [0.2, 0.25) is 5.02 Å². The van der Waals surface area contributed by atoms with Gasteiger partial charge in [0.15, 0.2) is 12.1 Å². The monoisotopic (exact) mass is 335 g/mol. The minimum atomic E-state index is -1.05. The van der Waals surface area contributed by atoms with Crippen LogP contribution in [0.1, 0.15) is 31.1 Å². The number of amides is 2. The van der Waals surface area contributed by atoms with Gasteiger partial charge in [0.25, 0.3) is 17.4 Å². The van der Waals surface area contributed by atoms with Gasteiger partial charge >= 0.3 is 0 Å². The maximum absolute atomic E-state index is 14.3. The van der Waals surface area contributed by atoms with Gasteiger partial charge in [0.05, 0.1) is 21.8 Å². The molecule has 3 N–H and O–H groups in total. The van der Waals surface area contributed by atoms with Crippen molar-refractivity contribution in [2.24, 2.45) is 0 Å². The maximum atomic E-state index is 14.3. The van der Waals surface area contributed by atoms with Crippen LogP contribution in [0.25, 0.3) is 5.69 Å². The van der Waals surface area contributed by atoms with Crippen molar-refractivity contribution in [2.75, 3.05) is 5.73 Å². The highest BCUT2D eigenvalue weighted by molar-refractivity contribution is 6.33. The number of anilines is 1. The van der Waals surface area contributed by atoms with Crippen molar-refractivity contribution in [3.8, 4) is 5.69 Å². The van der Waals surface area contributed by atoms with Crippen LogP contribution in [0.15, 0.2) is 23.0 Å². The molecule has 116 valence electrons. The van der Waals surface area contributed by atoms with Crippen molar-refractivity contribution in [2.45, 2.75) is 0 Å². The number of nitrogens with zero attached hydrogens (tertiary/aromatic N) is 1. The molecule has 2 heterocycles. The van der Waals surface area contributed by atoms with E-state index in [1.54, 1.807) is 0 Å². The van der Waals surface area contributed by atoms with Crippen molar-refractivity contribution in [1.82, 2.24) is 9.88 Å². The molecule has 1 aromatic heterocycles. The van der Waals surface area contributed by atoms with E-state index in [1.165, 1.54) is 6.07 Å². The summed E-state index contributed by atoms with van der Waals surface area (Å²) in [5.74, 6) is -2.98. The van der Waals surface area contributed by atoms with Crippen molar-refractivity contribution in [1.29, 1.82) is 0 Å². The van der Waals surface area contributed by atoms with Gasteiger partial charge in [0.1, 0.15) is 5.82 Å². The minimum Gasteiger partial charge on any atom is -0.384 e. The normalized spacial score (nSPS) is 13.0. The van der Waals surface area contributed by atoms with Crippen LogP contribution >= 0.6 is 11.6 Å². The van der Waals surface area contributed by atoms with Crippen molar-refractivity contribution in [3.05, 3.63) is 56.1 Å². The maximum Gasteiger partial charge on any atom is 0.262 e. The van der Waals surface area contributed by atoms with Gasteiger partial charge in [-0.05, 0) is 12.1 Å². The molecule has 0 saturated heterocycles. The molecule has 9 heteroatoms. The first kappa shape index (κ1) is 14.9. The topological polar surface area (TPSA) is 111 Å². The Morgan fingerprint density at radius 1 is 1.22 bits per heavy atom. The zero-order chi connectivity index (χ0) is 16.9. The largest absolute Gasteiger partial charge is 0.384 e. The number of benzene rings is 1. The number of aldehydes is 1. The number of imide groups is 1. The minimum absolute atomic E-state index is 0.103. The fraction of sp³-hybridized carbons (Fsp3) is 0. The Kier molecular flexibility index (Phi) is 3.26. The van der Waals surface area contributed by atoms with Gasteiger partial charge in [-0.3, -0.25) is 29.1 Å². The molecule has 1 aromatic carbocycles. The molecular weight excluding hydrogens is 329 g/mol. The lowest BCUT2D eigenvalue weighted by atomic mass is 10.1. The lowest BCUT2D eigenvalue weighted by Crippen LogP contribution is -2.25. The highest BCUT2D eigenvalue weighted by Gasteiger charge is 2.32. The summed E-state index contributed by atoms with van der Waals surface area (Å²) in [5, 5.41) is 1.52. The fourth-order valence-corrected chi connectivity index (χ4v) is 2.55. The summed E-state index contributed by atoms with van der Waals surface area (Å²) >= 11 is 5.73. The lowest BCUT2D eigenvalue weighted by Gasteiger charge is -2.13. The first-order valence-corrected chi connectivity index (χ1v) is 6.59. The van der Waals surface area contributed by atoms with Crippen molar-refractivity contribution < 1.29 is 18.8 Å². The van der Waals surface area contributed by atoms with Gasteiger partial charge in [0, 0.05) is 11.6 Å². The number of carbonyl (C=O) groups excluding carboxylic acids is 3. The lowest BCUT2D eigenvalue weighted by molar-refractivity contribution is 0.0879. The van der Waals surface area contributed by atoms with Gasteiger partial charge in [-0.1, -0.05) is 11.6 Å². The second-order valence-electron chi connectivity index (χ2n) is 4.69. The Hall–Kier alpha value is -3.00. The van der Waals surface area contributed by atoms with Crippen LogP contribution in [0, 0.1) is 5.82 Å². The molecule has 3 rings (SSSR count). The molecule has 0 aliphatic carbocycles. The highest BCUT2D eigenvalue weighted by Crippen LogP contribution is 2.28. The molecule has 0 bridgehead atoms. The molecule has 1 aliphatic heterocycles. The van der Waals surface area contributed by atoms with E-state index in [2.05, 4.69) is 0 Å². The Bertz CT molecular complexity index is 967. The Balaban J connectivity index is 2.36. The van der Waals surface area contributed by atoms with E-state index in [0.29, 0.717) is 10.9 Å². The van der Waals surface area contributed by atoms with Crippen LogP contribution in [-0.2, 0) is 0 Å². The molecule has 0 atom stereocenters. The molecule has 2 amide bonds. The number of hydrogen-bond donors (Lipinski definition) is 2. The molecular formula is C14H7ClFN3O4. The smallest absolute Gasteiger partial charge is 0.262 e. The Morgan fingerprint density at radius 3 is 2.57 bits per heavy atom. The zero-order valence-electron chi connectivity index (χ0n) is 11.2. The first-order valence-electron chi connectivity index (χ1n) is 6.21. The fourth-order valence-electron chi connectivity index (χ4n) is 2.35. The number of halogens is 2. The molecule has 0 radical (unpaired) electrons. The van der Waals surface area contributed by atoms with Gasteiger partial charge in [-0.15, -0.1) is 0 Å². The van der Waals surface area contributed by atoms with Gasteiger partial charge < -0.3 is 5.73 Å². The average Bonchev–Trinajstić information content (AvgIpc) is 2.78. The summed E-state index contributed by atoms with van der Waals surface area (Å²) in [6, 6.07) is 3.22. The Labute approximate surface area is 132 Å².